The fraction of sp³-hybridized carbons (Fsp3) is 1.00. The molecule has 0 bridgehead atoms. The van der Waals surface area contributed by atoms with Crippen molar-refractivity contribution in [2.24, 2.45) is 0 Å². The van der Waals surface area contributed by atoms with Crippen molar-refractivity contribution >= 4 is 21.6 Å². The molecule has 0 aromatic heterocycles. The van der Waals surface area contributed by atoms with E-state index >= 15 is 0 Å². The van der Waals surface area contributed by atoms with Crippen molar-refractivity contribution in [2.45, 2.75) is 52.2 Å². The first-order valence-corrected chi connectivity index (χ1v) is 10.1. The van der Waals surface area contributed by atoms with Crippen LogP contribution in [0.15, 0.2) is 0 Å². The monoisotopic (exact) mass is 373 g/mol. The Labute approximate surface area is 146 Å². The van der Waals surface area contributed by atoms with E-state index < -0.39 is 15.4 Å². The molecule has 0 rings (SSSR count). The summed E-state index contributed by atoms with van der Waals surface area (Å²) < 4.78 is 39.9. The summed E-state index contributed by atoms with van der Waals surface area (Å²) in [6, 6.07) is 0. The smallest absolute Gasteiger partial charge is 0.152 e. The molecule has 8 heteroatoms. The summed E-state index contributed by atoms with van der Waals surface area (Å²) in [5.41, 5.74) is -0.569. The first-order valence-electron chi connectivity index (χ1n) is 7.85. The van der Waals surface area contributed by atoms with E-state index in [2.05, 4.69) is 4.84 Å². The molecular weight excluding hydrogens is 342 g/mol. The molecule has 0 heterocycles. The van der Waals surface area contributed by atoms with Gasteiger partial charge in [-0.25, -0.2) is 13.3 Å². The van der Waals surface area contributed by atoms with Crippen LogP contribution in [-0.2, 0) is 24.0 Å². The first-order chi connectivity index (χ1) is 10.5. The van der Waals surface area contributed by atoms with Gasteiger partial charge in [-0.05, 0) is 52.8 Å². The number of rotatable bonds is 13. The highest BCUT2D eigenvalue weighted by atomic mass is 35.5. The minimum Gasteiger partial charge on any atom is -0.378 e. The molecule has 0 spiro atoms. The maximum absolute atomic E-state index is 11.9. The van der Waals surface area contributed by atoms with Crippen molar-refractivity contribution in [1.29, 1.82) is 0 Å². The van der Waals surface area contributed by atoms with Crippen LogP contribution in [-0.4, -0.2) is 64.1 Å². The summed E-state index contributed by atoms with van der Waals surface area (Å²) in [5, 5.41) is 0. The number of sulfone groups is 1. The van der Waals surface area contributed by atoms with Gasteiger partial charge in [0.1, 0.15) is 0 Å². The Balaban J connectivity index is 3.60. The second kappa shape index (κ2) is 10.8. The van der Waals surface area contributed by atoms with Gasteiger partial charge in [-0.2, -0.15) is 0 Å². The lowest BCUT2D eigenvalue weighted by Crippen LogP contribution is -2.35. The SMILES string of the molecule is CC(C)(CCS(=O)(=O)CCOCCOCCOC(C)(C)C)NCl. The van der Waals surface area contributed by atoms with Crippen LogP contribution in [0.2, 0.25) is 0 Å². The van der Waals surface area contributed by atoms with Crippen LogP contribution in [0.4, 0.5) is 0 Å². The lowest BCUT2D eigenvalue weighted by molar-refractivity contribution is -0.0418. The fourth-order valence-corrected chi connectivity index (χ4v) is 2.97. The molecule has 0 aromatic carbocycles. The number of nitrogens with one attached hydrogen (secondary N) is 1. The highest BCUT2D eigenvalue weighted by molar-refractivity contribution is 7.91. The van der Waals surface area contributed by atoms with Crippen molar-refractivity contribution in [3.05, 3.63) is 0 Å². The number of halogens is 1. The molecule has 0 atom stereocenters. The number of ether oxygens (including phenoxy) is 3. The van der Waals surface area contributed by atoms with Gasteiger partial charge in [-0.15, -0.1) is 0 Å². The largest absolute Gasteiger partial charge is 0.378 e. The van der Waals surface area contributed by atoms with Crippen molar-refractivity contribution in [1.82, 2.24) is 4.84 Å². The molecule has 23 heavy (non-hydrogen) atoms. The normalized spacial score (nSPS) is 13.5. The maximum Gasteiger partial charge on any atom is 0.152 e. The molecule has 0 unspecified atom stereocenters. The summed E-state index contributed by atoms with van der Waals surface area (Å²) in [6.45, 7) is 11.7. The Morgan fingerprint density at radius 1 is 0.870 bits per heavy atom. The van der Waals surface area contributed by atoms with E-state index in [9.17, 15) is 8.42 Å². The molecule has 0 amide bonds. The Hall–Kier alpha value is 0.0800. The van der Waals surface area contributed by atoms with Crippen LogP contribution in [0.25, 0.3) is 0 Å². The second-order valence-electron chi connectivity index (χ2n) is 7.07. The zero-order chi connectivity index (χ0) is 18.0. The molecule has 0 aromatic rings. The lowest BCUT2D eigenvalue weighted by Gasteiger charge is -2.21. The predicted molar refractivity (Wildman–Crippen MR) is 93.7 cm³/mol. The minimum atomic E-state index is -3.13. The Kier molecular flexibility index (Phi) is 10.9. The van der Waals surface area contributed by atoms with E-state index in [-0.39, 0.29) is 23.7 Å². The third kappa shape index (κ3) is 15.4. The first kappa shape index (κ1) is 23.1. The molecule has 140 valence electrons. The quantitative estimate of drug-likeness (QED) is 0.394. The van der Waals surface area contributed by atoms with Gasteiger partial charge in [0.25, 0.3) is 0 Å². The summed E-state index contributed by atoms with van der Waals surface area (Å²) in [4.78, 5) is 2.57. The molecule has 0 aliphatic heterocycles. The van der Waals surface area contributed by atoms with Crippen LogP contribution in [0, 0.1) is 0 Å². The van der Waals surface area contributed by atoms with E-state index in [0.717, 1.165) is 0 Å². The minimum absolute atomic E-state index is 0.0124. The molecule has 0 saturated carbocycles. The number of hydrogen-bond acceptors (Lipinski definition) is 6. The Bertz CT molecular complexity index is 407. The van der Waals surface area contributed by atoms with E-state index in [0.29, 0.717) is 32.8 Å². The third-order valence-electron chi connectivity index (χ3n) is 2.97. The van der Waals surface area contributed by atoms with Gasteiger partial charge in [0.15, 0.2) is 9.84 Å². The molecule has 0 aliphatic rings. The molecule has 0 aliphatic carbocycles. The van der Waals surface area contributed by atoms with Crippen molar-refractivity contribution in [3.63, 3.8) is 0 Å². The summed E-state index contributed by atoms with van der Waals surface area (Å²) in [7, 11) is -3.13. The zero-order valence-corrected chi connectivity index (χ0v) is 16.6. The van der Waals surface area contributed by atoms with E-state index in [1.807, 2.05) is 34.6 Å². The fourth-order valence-electron chi connectivity index (χ4n) is 1.47. The summed E-state index contributed by atoms with van der Waals surface area (Å²) in [6.07, 6.45) is 0.454. The topological polar surface area (TPSA) is 73.9 Å². The zero-order valence-electron chi connectivity index (χ0n) is 15.0. The van der Waals surface area contributed by atoms with Crippen LogP contribution in [0.3, 0.4) is 0 Å². The molecule has 6 nitrogen and oxygen atoms in total. The van der Waals surface area contributed by atoms with Gasteiger partial charge in [-0.3, -0.25) is 0 Å². The van der Waals surface area contributed by atoms with Crippen LogP contribution in [0.5, 0.6) is 0 Å². The summed E-state index contributed by atoms with van der Waals surface area (Å²) >= 11 is 5.55. The molecular formula is C15H32ClNO5S. The molecule has 0 saturated heterocycles. The average molecular weight is 374 g/mol. The van der Waals surface area contributed by atoms with E-state index in [1.54, 1.807) is 0 Å². The summed E-state index contributed by atoms with van der Waals surface area (Å²) in [5.74, 6) is 0.0994. The highest BCUT2D eigenvalue weighted by Gasteiger charge is 2.20. The number of hydrogen-bond donors (Lipinski definition) is 1. The second-order valence-corrected chi connectivity index (χ2v) is 9.56. The van der Waals surface area contributed by atoms with Crippen molar-refractivity contribution in [2.75, 3.05) is 44.5 Å². The van der Waals surface area contributed by atoms with Crippen LogP contribution in [0.1, 0.15) is 41.0 Å². The lowest BCUT2D eigenvalue weighted by atomic mass is 10.0. The molecule has 0 fully saturated rings. The molecule has 1 N–H and O–H groups in total. The van der Waals surface area contributed by atoms with Gasteiger partial charge in [0.05, 0.1) is 50.1 Å². The predicted octanol–water partition coefficient (Wildman–Crippen LogP) is 2.16. The highest BCUT2D eigenvalue weighted by Crippen LogP contribution is 2.11. The third-order valence-corrected chi connectivity index (χ3v) is 5.09. The van der Waals surface area contributed by atoms with Gasteiger partial charge in [0.2, 0.25) is 0 Å². The standard InChI is InChI=1S/C15H32ClNO5S/c1-14(2,3)22-10-9-20-7-8-21-11-13-23(18,19)12-6-15(4,5)17-16/h17H,6-13H2,1-5H3. The average Bonchev–Trinajstić information content (AvgIpc) is 2.42. The van der Waals surface area contributed by atoms with Crippen molar-refractivity contribution in [3.8, 4) is 0 Å². The van der Waals surface area contributed by atoms with Crippen LogP contribution < -0.4 is 4.84 Å². The Morgan fingerprint density at radius 2 is 1.39 bits per heavy atom. The van der Waals surface area contributed by atoms with Crippen molar-refractivity contribution < 1.29 is 22.6 Å². The van der Waals surface area contributed by atoms with E-state index in [1.165, 1.54) is 0 Å². The van der Waals surface area contributed by atoms with Gasteiger partial charge in [0, 0.05) is 5.54 Å². The van der Waals surface area contributed by atoms with Gasteiger partial charge >= 0.3 is 0 Å². The van der Waals surface area contributed by atoms with Crippen LogP contribution >= 0.6 is 11.8 Å². The Morgan fingerprint density at radius 3 is 1.91 bits per heavy atom. The maximum atomic E-state index is 11.9. The molecule has 0 radical (unpaired) electrons. The van der Waals surface area contributed by atoms with E-state index in [4.69, 9.17) is 26.0 Å². The van der Waals surface area contributed by atoms with Gasteiger partial charge < -0.3 is 14.2 Å². The van der Waals surface area contributed by atoms with Gasteiger partial charge in [-0.1, -0.05) is 0 Å².